The molecule has 2 aromatic rings. The molecule has 2 aromatic heterocycles. The standard InChI is InChI=1S/C19H29N5O2/c1-19(2,3)18-21-14(12-25-5)9-16(23-18)22-15-7-6-8-26-17(15)13-10-20-24(4)11-13/h9-11,15,17H,6-8,12H2,1-5H3,(H,21,22,23)/t15-,17+/m0/s1. The van der Waals surface area contributed by atoms with E-state index < -0.39 is 0 Å². The van der Waals surface area contributed by atoms with E-state index in [0.29, 0.717) is 6.61 Å². The molecule has 142 valence electrons. The van der Waals surface area contributed by atoms with E-state index in [4.69, 9.17) is 14.5 Å². The van der Waals surface area contributed by atoms with Crippen molar-refractivity contribution in [2.75, 3.05) is 19.0 Å². The van der Waals surface area contributed by atoms with Crippen LogP contribution in [0.2, 0.25) is 0 Å². The van der Waals surface area contributed by atoms with Crippen LogP contribution in [-0.4, -0.2) is 39.5 Å². The molecule has 7 heteroatoms. The topological polar surface area (TPSA) is 74.1 Å². The first kappa shape index (κ1) is 18.8. The molecule has 3 rings (SSSR count). The summed E-state index contributed by atoms with van der Waals surface area (Å²) < 4.78 is 13.1. The largest absolute Gasteiger partial charge is 0.378 e. The van der Waals surface area contributed by atoms with Gasteiger partial charge in [-0.2, -0.15) is 5.10 Å². The molecule has 0 bridgehead atoms. The Labute approximate surface area is 155 Å². The van der Waals surface area contributed by atoms with Crippen LogP contribution in [0.4, 0.5) is 5.82 Å². The van der Waals surface area contributed by atoms with E-state index in [0.717, 1.165) is 42.3 Å². The Kier molecular flexibility index (Phi) is 5.58. The van der Waals surface area contributed by atoms with Crippen molar-refractivity contribution in [3.05, 3.63) is 35.5 Å². The Morgan fingerprint density at radius 1 is 1.35 bits per heavy atom. The minimum Gasteiger partial charge on any atom is -0.378 e. The number of ether oxygens (including phenoxy) is 2. The van der Waals surface area contributed by atoms with Crippen LogP contribution in [0.25, 0.3) is 0 Å². The molecule has 1 aliphatic heterocycles. The third kappa shape index (κ3) is 4.40. The lowest BCUT2D eigenvalue weighted by molar-refractivity contribution is 0.00550. The van der Waals surface area contributed by atoms with Gasteiger partial charge < -0.3 is 14.8 Å². The third-order valence-corrected chi connectivity index (χ3v) is 4.45. The summed E-state index contributed by atoms with van der Waals surface area (Å²) in [6.07, 6.45) is 5.91. The van der Waals surface area contributed by atoms with E-state index in [9.17, 15) is 0 Å². The zero-order valence-electron chi connectivity index (χ0n) is 16.3. The van der Waals surface area contributed by atoms with Gasteiger partial charge in [-0.25, -0.2) is 9.97 Å². The Morgan fingerprint density at radius 2 is 2.15 bits per heavy atom. The molecule has 0 spiro atoms. The average Bonchev–Trinajstić information content (AvgIpc) is 3.01. The molecule has 1 N–H and O–H groups in total. The number of hydrogen-bond acceptors (Lipinski definition) is 6. The van der Waals surface area contributed by atoms with E-state index >= 15 is 0 Å². The van der Waals surface area contributed by atoms with E-state index in [-0.39, 0.29) is 17.6 Å². The lowest BCUT2D eigenvalue weighted by Crippen LogP contribution is -2.34. The lowest BCUT2D eigenvalue weighted by atomic mass is 9.95. The second-order valence-corrected chi connectivity index (χ2v) is 7.88. The number of nitrogens with one attached hydrogen (secondary N) is 1. The van der Waals surface area contributed by atoms with Gasteiger partial charge in [-0.3, -0.25) is 4.68 Å². The molecular weight excluding hydrogens is 330 g/mol. The van der Waals surface area contributed by atoms with Crippen LogP contribution in [0.1, 0.15) is 56.8 Å². The van der Waals surface area contributed by atoms with Gasteiger partial charge in [-0.15, -0.1) is 0 Å². The maximum atomic E-state index is 6.05. The zero-order chi connectivity index (χ0) is 18.7. The Morgan fingerprint density at radius 3 is 2.81 bits per heavy atom. The molecule has 1 fully saturated rings. The second kappa shape index (κ2) is 7.72. The molecule has 0 saturated carbocycles. The van der Waals surface area contributed by atoms with E-state index in [1.807, 2.05) is 30.2 Å². The quantitative estimate of drug-likeness (QED) is 0.885. The number of methoxy groups -OCH3 is 1. The van der Waals surface area contributed by atoms with E-state index in [1.165, 1.54) is 0 Å². The summed E-state index contributed by atoms with van der Waals surface area (Å²) in [6.45, 7) is 7.58. The molecule has 0 unspecified atom stereocenters. The van der Waals surface area contributed by atoms with Crippen LogP contribution in [0, 0.1) is 0 Å². The Balaban J connectivity index is 1.86. The fourth-order valence-electron chi connectivity index (χ4n) is 3.16. The van der Waals surface area contributed by atoms with Gasteiger partial charge in [0.25, 0.3) is 0 Å². The molecule has 0 aromatic carbocycles. The van der Waals surface area contributed by atoms with Crippen LogP contribution in [0.3, 0.4) is 0 Å². The fraction of sp³-hybridized carbons (Fsp3) is 0.632. The average molecular weight is 359 g/mol. The molecular formula is C19H29N5O2. The summed E-state index contributed by atoms with van der Waals surface area (Å²) in [4.78, 5) is 9.41. The molecule has 0 aliphatic carbocycles. The molecule has 2 atom stereocenters. The number of nitrogens with zero attached hydrogens (tertiary/aromatic N) is 4. The second-order valence-electron chi connectivity index (χ2n) is 7.88. The summed E-state index contributed by atoms with van der Waals surface area (Å²) in [5.74, 6) is 1.63. The zero-order valence-corrected chi connectivity index (χ0v) is 16.3. The van der Waals surface area contributed by atoms with Gasteiger partial charge in [0.2, 0.25) is 0 Å². The van der Waals surface area contributed by atoms with Crippen LogP contribution in [-0.2, 0) is 28.5 Å². The number of aromatic nitrogens is 4. The van der Waals surface area contributed by atoms with E-state index in [2.05, 4.69) is 36.2 Å². The number of aryl methyl sites for hydroxylation is 1. The molecule has 26 heavy (non-hydrogen) atoms. The van der Waals surface area contributed by atoms with Crippen LogP contribution >= 0.6 is 0 Å². The number of rotatable bonds is 5. The first-order chi connectivity index (χ1) is 12.4. The van der Waals surface area contributed by atoms with Crippen LogP contribution in [0.5, 0.6) is 0 Å². The summed E-state index contributed by atoms with van der Waals surface area (Å²) >= 11 is 0. The van der Waals surface area contributed by atoms with Gasteiger partial charge in [0.05, 0.1) is 24.5 Å². The minimum atomic E-state index is -0.133. The van der Waals surface area contributed by atoms with Crippen molar-refractivity contribution in [2.45, 2.75) is 57.8 Å². The molecule has 3 heterocycles. The van der Waals surface area contributed by atoms with Crippen molar-refractivity contribution in [2.24, 2.45) is 7.05 Å². The SMILES string of the molecule is COCc1cc(N[C@H]2CCCO[C@@H]2c2cnn(C)c2)nc(C(C)(C)C)n1. The summed E-state index contributed by atoms with van der Waals surface area (Å²) in [7, 11) is 3.60. The highest BCUT2D eigenvalue weighted by atomic mass is 16.5. The highest BCUT2D eigenvalue weighted by Crippen LogP contribution is 2.31. The predicted octanol–water partition coefficient (Wildman–Crippen LogP) is 2.99. The molecule has 1 aliphatic rings. The van der Waals surface area contributed by atoms with Crippen molar-refractivity contribution in [3.63, 3.8) is 0 Å². The van der Waals surface area contributed by atoms with Gasteiger partial charge in [-0.05, 0) is 12.8 Å². The normalized spacial score (nSPS) is 21.0. The van der Waals surface area contributed by atoms with Crippen molar-refractivity contribution in [1.82, 2.24) is 19.7 Å². The summed E-state index contributed by atoms with van der Waals surface area (Å²) in [5, 5.41) is 7.87. The molecule has 7 nitrogen and oxygen atoms in total. The van der Waals surface area contributed by atoms with Crippen LogP contribution < -0.4 is 5.32 Å². The summed E-state index contributed by atoms with van der Waals surface area (Å²) in [6, 6.07) is 2.11. The summed E-state index contributed by atoms with van der Waals surface area (Å²) in [5.41, 5.74) is 1.84. The highest BCUT2D eigenvalue weighted by Gasteiger charge is 2.29. The number of anilines is 1. The third-order valence-electron chi connectivity index (χ3n) is 4.45. The Bertz CT molecular complexity index is 738. The lowest BCUT2D eigenvalue weighted by Gasteiger charge is -2.32. The van der Waals surface area contributed by atoms with Gasteiger partial charge in [0.1, 0.15) is 17.7 Å². The van der Waals surface area contributed by atoms with Gasteiger partial charge >= 0.3 is 0 Å². The van der Waals surface area contributed by atoms with Gasteiger partial charge in [0, 0.05) is 44.0 Å². The van der Waals surface area contributed by atoms with Crippen molar-refractivity contribution >= 4 is 5.82 Å². The van der Waals surface area contributed by atoms with Gasteiger partial charge in [-0.1, -0.05) is 20.8 Å². The predicted molar refractivity (Wildman–Crippen MR) is 100.0 cm³/mol. The van der Waals surface area contributed by atoms with Crippen molar-refractivity contribution in [1.29, 1.82) is 0 Å². The Hall–Kier alpha value is -1.99. The maximum absolute atomic E-state index is 6.05. The first-order valence-electron chi connectivity index (χ1n) is 9.11. The molecule has 1 saturated heterocycles. The molecule has 0 amide bonds. The smallest absolute Gasteiger partial charge is 0.136 e. The van der Waals surface area contributed by atoms with Crippen LogP contribution in [0.15, 0.2) is 18.5 Å². The van der Waals surface area contributed by atoms with E-state index in [1.54, 1.807) is 7.11 Å². The maximum Gasteiger partial charge on any atom is 0.136 e. The minimum absolute atomic E-state index is 0.0311. The first-order valence-corrected chi connectivity index (χ1v) is 9.11. The van der Waals surface area contributed by atoms with Gasteiger partial charge in [0.15, 0.2) is 0 Å². The monoisotopic (exact) mass is 359 g/mol. The van der Waals surface area contributed by atoms with Crippen molar-refractivity contribution < 1.29 is 9.47 Å². The highest BCUT2D eigenvalue weighted by molar-refractivity contribution is 5.39. The fourth-order valence-corrected chi connectivity index (χ4v) is 3.16. The molecule has 0 radical (unpaired) electrons. The van der Waals surface area contributed by atoms with Crippen molar-refractivity contribution in [3.8, 4) is 0 Å². The number of hydrogen-bond donors (Lipinski definition) is 1.